The zero-order valence-corrected chi connectivity index (χ0v) is 14.4. The molecule has 3 aromatic rings. The van der Waals surface area contributed by atoms with Crippen LogP contribution in [0.25, 0.3) is 22.2 Å². The summed E-state index contributed by atoms with van der Waals surface area (Å²) >= 11 is 0. The number of ether oxygens (including phenoxy) is 1. The fourth-order valence-corrected chi connectivity index (χ4v) is 3.31. The molecule has 0 saturated heterocycles. The Kier molecular flexibility index (Phi) is 3.69. The van der Waals surface area contributed by atoms with Gasteiger partial charge in [-0.15, -0.1) is 0 Å². The van der Waals surface area contributed by atoms with Gasteiger partial charge in [0.25, 0.3) is 0 Å². The van der Waals surface area contributed by atoms with E-state index in [1.807, 2.05) is 49.3 Å². The maximum Gasteiger partial charge on any atom is 0.196 e. The summed E-state index contributed by atoms with van der Waals surface area (Å²) in [5, 5.41) is 8.36. The van der Waals surface area contributed by atoms with E-state index >= 15 is 0 Å². The van der Waals surface area contributed by atoms with Crippen molar-refractivity contribution in [3.05, 3.63) is 41.5 Å². The van der Waals surface area contributed by atoms with Crippen molar-refractivity contribution >= 4 is 28.1 Å². The fourth-order valence-electron chi connectivity index (χ4n) is 3.31. The predicted octanol–water partition coefficient (Wildman–Crippen LogP) is 3.16. The molecule has 4 rings (SSSR count). The van der Waals surface area contributed by atoms with E-state index in [1.54, 1.807) is 7.11 Å². The number of nitrogens with one attached hydrogen (secondary N) is 1. The summed E-state index contributed by atoms with van der Waals surface area (Å²) in [7, 11) is 5.55. The molecule has 0 radical (unpaired) electrons. The summed E-state index contributed by atoms with van der Waals surface area (Å²) in [6.07, 6.45) is 0. The van der Waals surface area contributed by atoms with E-state index in [4.69, 9.17) is 9.26 Å². The normalized spacial score (nSPS) is 12.4. The van der Waals surface area contributed by atoms with Crippen molar-refractivity contribution in [1.82, 2.24) is 5.16 Å². The molecule has 128 valence electrons. The van der Waals surface area contributed by atoms with Gasteiger partial charge in [0.2, 0.25) is 0 Å². The Morgan fingerprint density at radius 1 is 1.24 bits per heavy atom. The molecule has 0 amide bonds. The molecule has 1 aliphatic carbocycles. The number of carbonyl (C=O) groups is 1. The van der Waals surface area contributed by atoms with Gasteiger partial charge in [-0.2, -0.15) is 0 Å². The van der Waals surface area contributed by atoms with Gasteiger partial charge in [0, 0.05) is 44.6 Å². The number of ketones is 1. The summed E-state index contributed by atoms with van der Waals surface area (Å²) in [5.41, 5.74) is 4.43. The van der Waals surface area contributed by atoms with Crippen LogP contribution in [0.2, 0.25) is 0 Å². The van der Waals surface area contributed by atoms with Gasteiger partial charge in [-0.25, -0.2) is 0 Å². The lowest BCUT2D eigenvalue weighted by Gasteiger charge is -2.21. The van der Waals surface area contributed by atoms with E-state index in [-0.39, 0.29) is 5.78 Å². The van der Waals surface area contributed by atoms with Crippen LogP contribution in [0.15, 0.2) is 34.9 Å². The van der Waals surface area contributed by atoms with E-state index in [0.717, 1.165) is 22.3 Å². The standard InChI is InChI=1S/C19H19N3O3/c1-22(2)14-10-13(20-8-9-24-3)15-16-17(14)21-25-19(16)12-7-5-4-6-11(12)18(15)23/h4-7,10,20H,8-9H2,1-3H3. The first kappa shape index (κ1) is 15.7. The van der Waals surface area contributed by atoms with Crippen LogP contribution in [0.3, 0.4) is 0 Å². The first-order chi connectivity index (χ1) is 12.1. The van der Waals surface area contributed by atoms with Gasteiger partial charge in [0.15, 0.2) is 11.5 Å². The molecular formula is C19H19N3O3. The lowest BCUT2D eigenvalue weighted by molar-refractivity contribution is 0.104. The molecule has 0 saturated carbocycles. The Hall–Kier alpha value is -2.86. The van der Waals surface area contributed by atoms with E-state index in [0.29, 0.717) is 35.6 Å². The maximum absolute atomic E-state index is 13.2. The fraction of sp³-hybridized carbons (Fsp3) is 0.263. The van der Waals surface area contributed by atoms with Crippen LogP contribution in [-0.4, -0.2) is 45.3 Å². The van der Waals surface area contributed by atoms with Gasteiger partial charge in [0.05, 0.1) is 23.2 Å². The molecule has 0 unspecified atom stereocenters. The number of aromatic nitrogens is 1. The summed E-state index contributed by atoms with van der Waals surface area (Å²) < 4.78 is 10.8. The molecule has 25 heavy (non-hydrogen) atoms. The van der Waals surface area contributed by atoms with Crippen molar-refractivity contribution in [3.8, 4) is 11.3 Å². The minimum atomic E-state index is -0.0125. The van der Waals surface area contributed by atoms with E-state index in [9.17, 15) is 4.79 Å². The molecular weight excluding hydrogens is 318 g/mol. The number of benzene rings is 2. The zero-order chi connectivity index (χ0) is 17.6. The third-order valence-corrected chi connectivity index (χ3v) is 4.48. The van der Waals surface area contributed by atoms with Crippen LogP contribution < -0.4 is 10.2 Å². The number of methoxy groups -OCH3 is 1. The third kappa shape index (κ3) is 2.29. The predicted molar refractivity (Wildman–Crippen MR) is 97.6 cm³/mol. The van der Waals surface area contributed by atoms with Crippen molar-refractivity contribution in [2.75, 3.05) is 44.6 Å². The molecule has 0 fully saturated rings. The minimum absolute atomic E-state index is 0.0125. The van der Waals surface area contributed by atoms with Crippen molar-refractivity contribution < 1.29 is 14.1 Å². The number of nitrogens with zero attached hydrogens (tertiary/aromatic N) is 2. The Bertz CT molecular complexity index is 975. The smallest absolute Gasteiger partial charge is 0.196 e. The second-order valence-corrected chi connectivity index (χ2v) is 6.24. The number of carbonyl (C=O) groups excluding carboxylic acids is 1. The SMILES string of the molecule is COCCNc1cc(N(C)C)c2noc3c2c1C(=O)c1ccccc1-3. The Morgan fingerprint density at radius 3 is 2.72 bits per heavy atom. The maximum atomic E-state index is 13.2. The number of fused-ring (bicyclic) bond motifs is 2. The molecule has 2 aromatic carbocycles. The minimum Gasteiger partial charge on any atom is -0.383 e. The van der Waals surface area contributed by atoms with Crippen LogP contribution in [0, 0.1) is 0 Å². The summed E-state index contributed by atoms with van der Waals surface area (Å²) in [5.74, 6) is 0.639. The molecule has 1 N–H and O–H groups in total. The third-order valence-electron chi connectivity index (χ3n) is 4.48. The van der Waals surface area contributed by atoms with Crippen molar-refractivity contribution in [2.24, 2.45) is 0 Å². The molecule has 0 spiro atoms. The number of anilines is 2. The Balaban J connectivity index is 2.02. The van der Waals surface area contributed by atoms with E-state index in [2.05, 4.69) is 10.5 Å². The number of rotatable bonds is 5. The second kappa shape index (κ2) is 5.89. The van der Waals surface area contributed by atoms with Gasteiger partial charge in [0.1, 0.15) is 5.52 Å². The van der Waals surface area contributed by atoms with Gasteiger partial charge < -0.3 is 19.5 Å². The molecule has 1 aromatic heterocycles. The van der Waals surface area contributed by atoms with Gasteiger partial charge >= 0.3 is 0 Å². The van der Waals surface area contributed by atoms with E-state index < -0.39 is 0 Å². The summed E-state index contributed by atoms with van der Waals surface area (Å²) in [6, 6.07) is 9.44. The number of hydrogen-bond donors (Lipinski definition) is 1. The Morgan fingerprint density at radius 2 is 2.00 bits per heavy atom. The van der Waals surface area contributed by atoms with Crippen LogP contribution in [0.5, 0.6) is 0 Å². The number of hydrogen-bond acceptors (Lipinski definition) is 6. The highest BCUT2D eigenvalue weighted by molar-refractivity contribution is 6.28. The first-order valence-electron chi connectivity index (χ1n) is 8.14. The molecule has 0 atom stereocenters. The topological polar surface area (TPSA) is 67.6 Å². The molecule has 1 heterocycles. The Labute approximate surface area is 145 Å². The van der Waals surface area contributed by atoms with Crippen LogP contribution >= 0.6 is 0 Å². The largest absolute Gasteiger partial charge is 0.383 e. The average Bonchev–Trinajstić information content (AvgIpc) is 3.05. The first-order valence-corrected chi connectivity index (χ1v) is 8.14. The van der Waals surface area contributed by atoms with Crippen LogP contribution in [0.4, 0.5) is 11.4 Å². The molecule has 1 aliphatic rings. The van der Waals surface area contributed by atoms with Crippen LogP contribution in [-0.2, 0) is 4.74 Å². The van der Waals surface area contributed by atoms with Gasteiger partial charge in [-0.1, -0.05) is 29.4 Å². The summed E-state index contributed by atoms with van der Waals surface area (Å²) in [6.45, 7) is 1.16. The van der Waals surface area contributed by atoms with Gasteiger partial charge in [-0.3, -0.25) is 4.79 Å². The monoisotopic (exact) mass is 337 g/mol. The zero-order valence-electron chi connectivity index (χ0n) is 14.4. The van der Waals surface area contributed by atoms with Crippen LogP contribution in [0.1, 0.15) is 15.9 Å². The van der Waals surface area contributed by atoms with Crippen molar-refractivity contribution in [3.63, 3.8) is 0 Å². The highest BCUT2D eigenvalue weighted by atomic mass is 16.5. The molecule has 0 aliphatic heterocycles. The molecule has 0 bridgehead atoms. The van der Waals surface area contributed by atoms with Crippen molar-refractivity contribution in [2.45, 2.75) is 0 Å². The molecule has 6 heteroatoms. The molecule has 6 nitrogen and oxygen atoms in total. The summed E-state index contributed by atoms with van der Waals surface area (Å²) in [4.78, 5) is 15.1. The highest BCUT2D eigenvalue weighted by Crippen LogP contribution is 2.45. The lowest BCUT2D eigenvalue weighted by atomic mass is 9.86. The quantitative estimate of drug-likeness (QED) is 0.564. The highest BCUT2D eigenvalue weighted by Gasteiger charge is 2.32. The second-order valence-electron chi connectivity index (χ2n) is 6.24. The average molecular weight is 337 g/mol. The van der Waals surface area contributed by atoms with Crippen molar-refractivity contribution in [1.29, 1.82) is 0 Å². The van der Waals surface area contributed by atoms with Gasteiger partial charge in [-0.05, 0) is 6.07 Å². The van der Waals surface area contributed by atoms with E-state index in [1.165, 1.54) is 0 Å². The lowest BCUT2D eigenvalue weighted by Crippen LogP contribution is -2.17.